The van der Waals surface area contributed by atoms with E-state index in [1.807, 2.05) is 0 Å². The molecule has 0 aromatic rings. The largest absolute Gasteiger partial charge is 0.508 e. The Morgan fingerprint density at radius 1 is 1.69 bits per heavy atom. The molecule has 13 heavy (non-hydrogen) atoms. The highest BCUT2D eigenvalue weighted by molar-refractivity contribution is 5.61. The van der Waals surface area contributed by atoms with E-state index in [9.17, 15) is 4.79 Å². The molecule has 0 aromatic carbocycles. The summed E-state index contributed by atoms with van der Waals surface area (Å²) in [5.74, 6) is 0. The van der Waals surface area contributed by atoms with Gasteiger partial charge in [0.15, 0.2) is 6.10 Å². The predicted molar refractivity (Wildman–Crippen MR) is 40.1 cm³/mol. The lowest BCUT2D eigenvalue weighted by atomic mass is 10.4. The molecule has 0 aromatic heterocycles. The minimum Gasteiger partial charge on any atom is -0.430 e. The van der Waals surface area contributed by atoms with Crippen LogP contribution in [-0.4, -0.2) is 55.0 Å². The molecule has 0 bridgehead atoms. The molecule has 1 heterocycles. The van der Waals surface area contributed by atoms with Crippen molar-refractivity contribution in [3.63, 3.8) is 0 Å². The Hall–Kier alpha value is -0.850. The van der Waals surface area contributed by atoms with E-state index in [-0.39, 0.29) is 26.4 Å². The number of ether oxygens (including phenoxy) is 3. The Morgan fingerprint density at radius 3 is 3.00 bits per heavy atom. The van der Waals surface area contributed by atoms with E-state index in [1.54, 1.807) is 0 Å². The zero-order valence-corrected chi connectivity index (χ0v) is 7.01. The molecule has 0 spiro atoms. The normalized spacial score (nSPS) is 23.8. The maximum atomic E-state index is 10.4. The van der Waals surface area contributed by atoms with Gasteiger partial charge in [0.1, 0.15) is 12.7 Å². The van der Waals surface area contributed by atoms with Crippen molar-refractivity contribution in [3.05, 3.63) is 0 Å². The van der Waals surface area contributed by atoms with Gasteiger partial charge in [0, 0.05) is 0 Å². The van der Waals surface area contributed by atoms with Crippen LogP contribution < -0.4 is 0 Å². The smallest absolute Gasteiger partial charge is 0.430 e. The third kappa shape index (κ3) is 3.58. The van der Waals surface area contributed by atoms with Gasteiger partial charge < -0.3 is 24.4 Å². The fraction of sp³-hybridized carbons (Fsp3) is 0.857. The highest BCUT2D eigenvalue weighted by Crippen LogP contribution is 2.06. The Bertz CT molecular complexity index is 170. The van der Waals surface area contributed by atoms with E-state index < -0.39 is 18.4 Å². The summed E-state index contributed by atoms with van der Waals surface area (Å²) in [5, 5.41) is 17.3. The maximum absolute atomic E-state index is 10.4. The van der Waals surface area contributed by atoms with Crippen LogP contribution in [0.2, 0.25) is 0 Å². The fourth-order valence-electron chi connectivity index (χ4n) is 0.835. The van der Waals surface area contributed by atoms with Gasteiger partial charge in [-0.05, 0) is 0 Å². The van der Waals surface area contributed by atoms with Crippen LogP contribution in [0.25, 0.3) is 0 Å². The summed E-state index contributed by atoms with van der Waals surface area (Å²) in [5.41, 5.74) is 0. The van der Waals surface area contributed by atoms with Gasteiger partial charge in [-0.15, -0.1) is 0 Å². The molecule has 1 aliphatic heterocycles. The predicted octanol–water partition coefficient (Wildman–Crippen LogP) is -1.11. The number of carbonyl (C=O) groups excluding carboxylic acids is 1. The molecule has 1 aliphatic rings. The zero-order chi connectivity index (χ0) is 9.68. The Balaban J connectivity index is 2.03. The van der Waals surface area contributed by atoms with E-state index in [2.05, 4.69) is 9.47 Å². The number of hydrogen-bond acceptors (Lipinski definition) is 6. The van der Waals surface area contributed by atoms with E-state index in [0.717, 1.165) is 0 Å². The number of rotatable bonds is 5. The number of cyclic esters (lactones) is 2. The van der Waals surface area contributed by atoms with Crippen LogP contribution in [-0.2, 0) is 14.2 Å². The van der Waals surface area contributed by atoms with Crippen LogP contribution in [0.5, 0.6) is 0 Å². The van der Waals surface area contributed by atoms with Gasteiger partial charge in [0.2, 0.25) is 0 Å². The molecule has 1 fully saturated rings. The lowest BCUT2D eigenvalue weighted by Gasteiger charge is -2.10. The summed E-state index contributed by atoms with van der Waals surface area (Å²) in [6, 6.07) is 0. The van der Waals surface area contributed by atoms with Crippen molar-refractivity contribution >= 4 is 6.16 Å². The van der Waals surface area contributed by atoms with Gasteiger partial charge in [0.05, 0.1) is 19.8 Å². The first kappa shape index (κ1) is 10.2. The van der Waals surface area contributed by atoms with Gasteiger partial charge in [-0.1, -0.05) is 0 Å². The van der Waals surface area contributed by atoms with Crippen molar-refractivity contribution in [1.29, 1.82) is 0 Å². The molecule has 6 nitrogen and oxygen atoms in total. The Labute approximate surface area is 75.0 Å². The van der Waals surface area contributed by atoms with E-state index in [0.29, 0.717) is 0 Å². The topological polar surface area (TPSA) is 85.2 Å². The molecule has 6 heteroatoms. The molecule has 2 unspecified atom stereocenters. The third-order valence-corrected chi connectivity index (χ3v) is 1.47. The molecular formula is C7H12O6. The van der Waals surface area contributed by atoms with Gasteiger partial charge >= 0.3 is 6.16 Å². The summed E-state index contributed by atoms with van der Waals surface area (Å²) in [7, 11) is 0. The molecule has 0 amide bonds. The molecule has 76 valence electrons. The van der Waals surface area contributed by atoms with Gasteiger partial charge in [-0.2, -0.15) is 0 Å². The quantitative estimate of drug-likeness (QED) is 0.537. The molecule has 1 saturated heterocycles. The van der Waals surface area contributed by atoms with Crippen molar-refractivity contribution in [1.82, 2.24) is 0 Å². The summed E-state index contributed by atoms with van der Waals surface area (Å²) >= 11 is 0. The summed E-state index contributed by atoms with van der Waals surface area (Å²) in [6.07, 6.45) is -1.99. The van der Waals surface area contributed by atoms with Crippen molar-refractivity contribution < 1.29 is 29.2 Å². The summed E-state index contributed by atoms with van der Waals surface area (Å²) in [4.78, 5) is 10.4. The highest BCUT2D eigenvalue weighted by atomic mass is 16.8. The van der Waals surface area contributed by atoms with Crippen LogP contribution in [0.3, 0.4) is 0 Å². The average Bonchev–Trinajstić information content (AvgIpc) is 2.51. The van der Waals surface area contributed by atoms with Crippen LogP contribution in [0.15, 0.2) is 0 Å². The van der Waals surface area contributed by atoms with Crippen molar-refractivity contribution in [2.45, 2.75) is 12.2 Å². The molecule has 0 saturated carbocycles. The van der Waals surface area contributed by atoms with Crippen molar-refractivity contribution in [2.24, 2.45) is 0 Å². The first-order valence-electron chi connectivity index (χ1n) is 3.92. The number of aliphatic hydroxyl groups excluding tert-OH is 2. The average molecular weight is 192 g/mol. The molecule has 1 rings (SSSR count). The Morgan fingerprint density at radius 2 is 2.46 bits per heavy atom. The van der Waals surface area contributed by atoms with Crippen LogP contribution in [0, 0.1) is 0 Å². The van der Waals surface area contributed by atoms with Crippen molar-refractivity contribution in [2.75, 3.05) is 26.4 Å². The zero-order valence-electron chi connectivity index (χ0n) is 7.01. The second-order valence-electron chi connectivity index (χ2n) is 2.67. The first-order chi connectivity index (χ1) is 6.22. The lowest BCUT2D eigenvalue weighted by Crippen LogP contribution is -2.24. The number of hydrogen-bond donors (Lipinski definition) is 2. The number of aliphatic hydroxyl groups is 2. The first-order valence-corrected chi connectivity index (χ1v) is 3.92. The van der Waals surface area contributed by atoms with Crippen LogP contribution >= 0.6 is 0 Å². The molecular weight excluding hydrogens is 180 g/mol. The van der Waals surface area contributed by atoms with Crippen LogP contribution in [0.1, 0.15) is 0 Å². The SMILES string of the molecule is O=C1OCC(COCC(O)CO)O1. The van der Waals surface area contributed by atoms with Gasteiger partial charge in [0.25, 0.3) is 0 Å². The second-order valence-corrected chi connectivity index (χ2v) is 2.67. The van der Waals surface area contributed by atoms with Gasteiger partial charge in [-0.25, -0.2) is 4.79 Å². The summed E-state index contributed by atoms with van der Waals surface area (Å²) < 4.78 is 14.1. The van der Waals surface area contributed by atoms with Crippen LogP contribution in [0.4, 0.5) is 4.79 Å². The standard InChI is InChI=1S/C7H12O6/c8-1-5(9)2-11-3-6-4-12-7(10)13-6/h5-6,8-9H,1-4H2. The second kappa shape index (κ2) is 5.00. The molecule has 0 radical (unpaired) electrons. The van der Waals surface area contributed by atoms with E-state index in [4.69, 9.17) is 14.9 Å². The minimum atomic E-state index is -0.891. The van der Waals surface area contributed by atoms with Gasteiger partial charge in [-0.3, -0.25) is 0 Å². The third-order valence-electron chi connectivity index (χ3n) is 1.47. The lowest BCUT2D eigenvalue weighted by molar-refractivity contribution is -0.0186. The van der Waals surface area contributed by atoms with E-state index in [1.165, 1.54) is 0 Å². The Kier molecular flexibility index (Phi) is 3.94. The highest BCUT2D eigenvalue weighted by Gasteiger charge is 2.24. The minimum absolute atomic E-state index is 0.0184. The molecule has 2 N–H and O–H groups in total. The fourth-order valence-corrected chi connectivity index (χ4v) is 0.835. The monoisotopic (exact) mass is 192 g/mol. The number of carbonyl (C=O) groups is 1. The maximum Gasteiger partial charge on any atom is 0.508 e. The molecule has 2 atom stereocenters. The van der Waals surface area contributed by atoms with Crippen molar-refractivity contribution in [3.8, 4) is 0 Å². The summed E-state index contributed by atoms with van der Waals surface area (Å²) in [6.45, 7) is 0.0162. The molecule has 0 aliphatic carbocycles. The van der Waals surface area contributed by atoms with E-state index >= 15 is 0 Å².